The number of urea groups is 1. The van der Waals surface area contributed by atoms with Gasteiger partial charge in [0.25, 0.3) is 0 Å². The average molecular weight is 236 g/mol. The molecule has 4 nitrogen and oxygen atoms in total. The molecule has 0 bridgehead atoms. The second-order valence-electron chi connectivity index (χ2n) is 3.76. The highest BCUT2D eigenvalue weighted by Crippen LogP contribution is 1.97. The molecule has 4 heteroatoms. The molecule has 0 aliphatic rings. The molecule has 94 valence electrons. The summed E-state index contributed by atoms with van der Waals surface area (Å²) < 4.78 is 4.89. The van der Waals surface area contributed by atoms with Crippen molar-refractivity contribution in [1.82, 2.24) is 10.6 Å². The van der Waals surface area contributed by atoms with Crippen molar-refractivity contribution in [3.63, 3.8) is 0 Å². The maximum atomic E-state index is 11.3. The zero-order chi connectivity index (χ0) is 12.3. The van der Waals surface area contributed by atoms with Crippen LogP contribution in [0.25, 0.3) is 0 Å². The summed E-state index contributed by atoms with van der Waals surface area (Å²) in [7, 11) is 1.65. The molecule has 2 N–H and O–H groups in total. The lowest BCUT2D eigenvalue weighted by Crippen LogP contribution is -2.37. The number of benzene rings is 1. The maximum absolute atomic E-state index is 11.3. The second-order valence-corrected chi connectivity index (χ2v) is 3.76. The predicted octanol–water partition coefficient (Wildman–Crippen LogP) is 1.56. The van der Waals surface area contributed by atoms with Gasteiger partial charge in [-0.05, 0) is 18.4 Å². The van der Waals surface area contributed by atoms with Crippen molar-refractivity contribution in [2.24, 2.45) is 0 Å². The number of nitrogens with one attached hydrogen (secondary N) is 2. The summed E-state index contributed by atoms with van der Waals surface area (Å²) >= 11 is 0. The van der Waals surface area contributed by atoms with Crippen LogP contribution in [0.2, 0.25) is 0 Å². The number of rotatable bonds is 7. The van der Waals surface area contributed by atoms with Crippen LogP contribution in [0.3, 0.4) is 0 Å². The summed E-state index contributed by atoms with van der Waals surface area (Å²) in [5.74, 6) is 0. The molecular formula is C13H20N2O2. The average Bonchev–Trinajstić information content (AvgIpc) is 2.36. The molecule has 0 heterocycles. The lowest BCUT2D eigenvalue weighted by molar-refractivity contribution is 0.193. The molecule has 0 fully saturated rings. The van der Waals surface area contributed by atoms with Crippen LogP contribution in [-0.4, -0.2) is 32.8 Å². The van der Waals surface area contributed by atoms with Gasteiger partial charge in [0.05, 0.1) is 0 Å². The third kappa shape index (κ3) is 6.58. The number of carbonyl (C=O) groups excluding carboxylic acids is 1. The highest BCUT2D eigenvalue weighted by molar-refractivity contribution is 5.73. The Morgan fingerprint density at radius 1 is 1.18 bits per heavy atom. The molecule has 1 rings (SSSR count). The van der Waals surface area contributed by atoms with E-state index in [4.69, 9.17) is 4.74 Å². The van der Waals surface area contributed by atoms with Crippen LogP contribution in [-0.2, 0) is 11.2 Å². The fourth-order valence-corrected chi connectivity index (χ4v) is 1.45. The first-order valence-corrected chi connectivity index (χ1v) is 5.87. The molecule has 0 aromatic heterocycles. The van der Waals surface area contributed by atoms with E-state index in [1.807, 2.05) is 18.2 Å². The summed E-state index contributed by atoms with van der Waals surface area (Å²) in [6, 6.07) is 9.98. The normalized spacial score (nSPS) is 9.94. The van der Waals surface area contributed by atoms with Crippen molar-refractivity contribution >= 4 is 6.03 Å². The van der Waals surface area contributed by atoms with Crippen LogP contribution < -0.4 is 10.6 Å². The number of amides is 2. The highest BCUT2D eigenvalue weighted by Gasteiger charge is 1.98. The Kier molecular flexibility index (Phi) is 6.82. The number of methoxy groups -OCH3 is 1. The van der Waals surface area contributed by atoms with Gasteiger partial charge in [-0.3, -0.25) is 0 Å². The highest BCUT2D eigenvalue weighted by atomic mass is 16.5. The van der Waals surface area contributed by atoms with Gasteiger partial charge in [0.1, 0.15) is 0 Å². The van der Waals surface area contributed by atoms with Crippen LogP contribution in [0.5, 0.6) is 0 Å². The predicted molar refractivity (Wildman–Crippen MR) is 68.0 cm³/mol. The molecule has 0 aliphatic heterocycles. The van der Waals surface area contributed by atoms with Crippen molar-refractivity contribution in [3.05, 3.63) is 35.9 Å². The summed E-state index contributed by atoms with van der Waals surface area (Å²) in [5.41, 5.74) is 1.23. The second kappa shape index (κ2) is 8.58. The molecule has 0 aliphatic carbocycles. The minimum Gasteiger partial charge on any atom is -0.385 e. The van der Waals surface area contributed by atoms with E-state index in [0.29, 0.717) is 19.7 Å². The van der Waals surface area contributed by atoms with Crippen molar-refractivity contribution in [2.45, 2.75) is 12.8 Å². The van der Waals surface area contributed by atoms with Crippen LogP contribution in [0.15, 0.2) is 30.3 Å². The van der Waals surface area contributed by atoms with Gasteiger partial charge in [-0.25, -0.2) is 4.79 Å². The van der Waals surface area contributed by atoms with Gasteiger partial charge < -0.3 is 15.4 Å². The zero-order valence-corrected chi connectivity index (χ0v) is 10.2. The summed E-state index contributed by atoms with van der Waals surface area (Å²) in [4.78, 5) is 11.3. The fraction of sp³-hybridized carbons (Fsp3) is 0.462. The number of ether oxygens (including phenoxy) is 1. The van der Waals surface area contributed by atoms with E-state index in [2.05, 4.69) is 22.8 Å². The minimum absolute atomic E-state index is 0.114. The molecule has 1 aromatic carbocycles. The van der Waals surface area contributed by atoms with E-state index in [-0.39, 0.29) is 6.03 Å². The van der Waals surface area contributed by atoms with Gasteiger partial charge in [0.15, 0.2) is 0 Å². The standard InChI is InChI=1S/C13H20N2O2/c1-17-11-5-9-14-13(16)15-10-8-12-6-3-2-4-7-12/h2-4,6-7H,5,8-11H2,1H3,(H2,14,15,16). The first-order valence-electron chi connectivity index (χ1n) is 5.87. The number of hydrogen-bond donors (Lipinski definition) is 2. The fourth-order valence-electron chi connectivity index (χ4n) is 1.45. The van der Waals surface area contributed by atoms with Crippen LogP contribution >= 0.6 is 0 Å². The Morgan fingerprint density at radius 3 is 2.59 bits per heavy atom. The summed E-state index contributed by atoms with van der Waals surface area (Å²) in [5, 5.41) is 5.59. The molecule has 0 spiro atoms. The molecule has 0 atom stereocenters. The van der Waals surface area contributed by atoms with E-state index in [1.54, 1.807) is 7.11 Å². The Labute approximate surface area is 102 Å². The van der Waals surface area contributed by atoms with Gasteiger partial charge in [0, 0.05) is 26.8 Å². The first kappa shape index (κ1) is 13.5. The Morgan fingerprint density at radius 2 is 1.88 bits per heavy atom. The van der Waals surface area contributed by atoms with E-state index < -0.39 is 0 Å². The molecule has 1 aromatic rings. The van der Waals surface area contributed by atoms with E-state index in [9.17, 15) is 4.79 Å². The van der Waals surface area contributed by atoms with Crippen molar-refractivity contribution in [1.29, 1.82) is 0 Å². The van der Waals surface area contributed by atoms with Crippen molar-refractivity contribution in [3.8, 4) is 0 Å². The molecule has 17 heavy (non-hydrogen) atoms. The molecular weight excluding hydrogens is 216 g/mol. The number of hydrogen-bond acceptors (Lipinski definition) is 2. The van der Waals surface area contributed by atoms with Gasteiger partial charge in [-0.2, -0.15) is 0 Å². The third-order valence-corrected chi connectivity index (χ3v) is 2.35. The van der Waals surface area contributed by atoms with Crippen LogP contribution in [0.4, 0.5) is 4.79 Å². The first-order chi connectivity index (χ1) is 8.33. The third-order valence-electron chi connectivity index (χ3n) is 2.35. The molecule has 0 unspecified atom stereocenters. The largest absolute Gasteiger partial charge is 0.385 e. The quantitative estimate of drug-likeness (QED) is 0.706. The molecule has 0 saturated carbocycles. The maximum Gasteiger partial charge on any atom is 0.314 e. The van der Waals surface area contributed by atoms with Gasteiger partial charge in [0.2, 0.25) is 0 Å². The van der Waals surface area contributed by atoms with E-state index in [1.165, 1.54) is 5.56 Å². The van der Waals surface area contributed by atoms with Crippen molar-refractivity contribution < 1.29 is 9.53 Å². The number of carbonyl (C=O) groups is 1. The van der Waals surface area contributed by atoms with Crippen molar-refractivity contribution in [2.75, 3.05) is 26.8 Å². The summed E-state index contributed by atoms with van der Waals surface area (Å²) in [6.45, 7) is 1.97. The van der Waals surface area contributed by atoms with Gasteiger partial charge >= 0.3 is 6.03 Å². The SMILES string of the molecule is COCCCNC(=O)NCCc1ccccc1. The molecule has 2 amide bonds. The molecule has 0 saturated heterocycles. The van der Waals surface area contributed by atoms with Gasteiger partial charge in [-0.15, -0.1) is 0 Å². The topological polar surface area (TPSA) is 50.4 Å². The van der Waals surface area contributed by atoms with Crippen LogP contribution in [0.1, 0.15) is 12.0 Å². The zero-order valence-electron chi connectivity index (χ0n) is 10.2. The Hall–Kier alpha value is -1.55. The van der Waals surface area contributed by atoms with Crippen LogP contribution in [0, 0.1) is 0 Å². The lowest BCUT2D eigenvalue weighted by Gasteiger charge is -2.07. The monoisotopic (exact) mass is 236 g/mol. The summed E-state index contributed by atoms with van der Waals surface area (Å²) in [6.07, 6.45) is 1.69. The smallest absolute Gasteiger partial charge is 0.314 e. The Bertz CT molecular complexity index is 314. The lowest BCUT2D eigenvalue weighted by atomic mass is 10.1. The van der Waals surface area contributed by atoms with Gasteiger partial charge in [-0.1, -0.05) is 30.3 Å². The van der Waals surface area contributed by atoms with E-state index in [0.717, 1.165) is 12.8 Å². The Balaban J connectivity index is 2.04. The molecule has 0 radical (unpaired) electrons. The van der Waals surface area contributed by atoms with E-state index >= 15 is 0 Å². The minimum atomic E-state index is -0.114.